The van der Waals surface area contributed by atoms with Crippen molar-refractivity contribution < 1.29 is 9.90 Å². The number of rotatable bonds is 2. The lowest BCUT2D eigenvalue weighted by Crippen LogP contribution is -2.08. The number of carboxylic acid groups (broad SMARTS) is 1. The fraction of sp³-hybridized carbons (Fsp3) is 0.600. The molecule has 1 aliphatic carbocycles. The number of nitrogens with zero attached hydrogens (tertiary/aromatic N) is 2. The van der Waals surface area contributed by atoms with Crippen LogP contribution in [0.25, 0.3) is 0 Å². The molecule has 15 heavy (non-hydrogen) atoms. The average molecular weight is 273 g/mol. The first-order valence-electron chi connectivity index (χ1n) is 5.09. The Morgan fingerprint density at radius 3 is 2.60 bits per heavy atom. The van der Waals surface area contributed by atoms with E-state index in [-0.39, 0.29) is 5.69 Å². The second kappa shape index (κ2) is 3.96. The van der Waals surface area contributed by atoms with Crippen LogP contribution in [-0.4, -0.2) is 20.9 Å². The smallest absolute Gasteiger partial charge is 0.356 e. The number of hydrogen-bond acceptors (Lipinski definition) is 2. The molecule has 0 bridgehead atoms. The van der Waals surface area contributed by atoms with Crippen LogP contribution in [0.4, 0.5) is 0 Å². The summed E-state index contributed by atoms with van der Waals surface area (Å²) in [5, 5.41) is 13.1. The van der Waals surface area contributed by atoms with Crippen LogP contribution in [0.3, 0.4) is 0 Å². The topological polar surface area (TPSA) is 55.1 Å². The molecule has 1 aromatic rings. The summed E-state index contributed by atoms with van der Waals surface area (Å²) in [7, 11) is 0. The molecule has 0 unspecified atom stereocenters. The standard InChI is InChI=1S/C10H13BrN2O2/c1-6-8(10(14)15)12-13(9(6)11)7-4-2-3-5-7/h7H,2-5H2,1H3,(H,14,15). The van der Waals surface area contributed by atoms with Gasteiger partial charge in [-0.05, 0) is 35.7 Å². The highest BCUT2D eigenvalue weighted by atomic mass is 79.9. The average Bonchev–Trinajstić information content (AvgIpc) is 2.77. The SMILES string of the molecule is Cc1c(C(=O)O)nn(C2CCCC2)c1Br. The third kappa shape index (κ3) is 1.80. The van der Waals surface area contributed by atoms with Gasteiger partial charge in [-0.3, -0.25) is 4.68 Å². The molecule has 0 spiro atoms. The molecule has 1 saturated carbocycles. The van der Waals surface area contributed by atoms with Crippen LogP contribution in [0, 0.1) is 6.92 Å². The van der Waals surface area contributed by atoms with Gasteiger partial charge in [0.2, 0.25) is 0 Å². The molecule has 0 aliphatic heterocycles. The maximum absolute atomic E-state index is 10.9. The minimum Gasteiger partial charge on any atom is -0.476 e. The fourth-order valence-corrected chi connectivity index (χ4v) is 2.65. The maximum atomic E-state index is 10.9. The lowest BCUT2D eigenvalue weighted by molar-refractivity contribution is 0.0688. The van der Waals surface area contributed by atoms with Gasteiger partial charge in [-0.2, -0.15) is 5.10 Å². The molecular formula is C10H13BrN2O2. The molecule has 1 aliphatic rings. The number of hydrogen-bond donors (Lipinski definition) is 1. The molecule has 0 radical (unpaired) electrons. The molecule has 5 heteroatoms. The van der Waals surface area contributed by atoms with E-state index in [2.05, 4.69) is 21.0 Å². The Kier molecular flexibility index (Phi) is 2.82. The van der Waals surface area contributed by atoms with Gasteiger partial charge in [-0.25, -0.2) is 4.79 Å². The Hall–Kier alpha value is -0.840. The van der Waals surface area contributed by atoms with Crippen molar-refractivity contribution in [3.8, 4) is 0 Å². The predicted octanol–water partition coefficient (Wildman–Crippen LogP) is 2.77. The quantitative estimate of drug-likeness (QED) is 0.901. The molecule has 1 fully saturated rings. The van der Waals surface area contributed by atoms with Gasteiger partial charge in [0, 0.05) is 5.56 Å². The minimum absolute atomic E-state index is 0.161. The molecular weight excluding hydrogens is 260 g/mol. The van der Waals surface area contributed by atoms with Crippen LogP contribution in [-0.2, 0) is 0 Å². The van der Waals surface area contributed by atoms with Crippen LogP contribution in [0.2, 0.25) is 0 Å². The second-order valence-electron chi connectivity index (χ2n) is 3.95. The first-order valence-corrected chi connectivity index (χ1v) is 5.88. The predicted molar refractivity (Wildman–Crippen MR) is 59.1 cm³/mol. The highest BCUT2D eigenvalue weighted by Gasteiger charge is 2.24. The monoisotopic (exact) mass is 272 g/mol. The van der Waals surface area contributed by atoms with Crippen molar-refractivity contribution in [2.24, 2.45) is 0 Å². The summed E-state index contributed by atoms with van der Waals surface area (Å²) in [5.41, 5.74) is 0.878. The Balaban J connectivity index is 2.39. The molecule has 0 atom stereocenters. The van der Waals surface area contributed by atoms with Crippen LogP contribution < -0.4 is 0 Å². The van der Waals surface area contributed by atoms with E-state index in [9.17, 15) is 4.79 Å². The van der Waals surface area contributed by atoms with Crippen molar-refractivity contribution in [2.75, 3.05) is 0 Å². The summed E-state index contributed by atoms with van der Waals surface area (Å²) in [6, 6.07) is 0.367. The molecule has 0 amide bonds. The van der Waals surface area contributed by atoms with Crippen molar-refractivity contribution >= 4 is 21.9 Å². The van der Waals surface area contributed by atoms with E-state index in [1.165, 1.54) is 12.8 Å². The van der Waals surface area contributed by atoms with E-state index < -0.39 is 5.97 Å². The van der Waals surface area contributed by atoms with Crippen molar-refractivity contribution in [3.05, 3.63) is 15.9 Å². The molecule has 0 aromatic carbocycles. The summed E-state index contributed by atoms with van der Waals surface area (Å²) >= 11 is 3.42. The van der Waals surface area contributed by atoms with Gasteiger partial charge in [0.1, 0.15) is 4.60 Å². The number of aromatic nitrogens is 2. The molecule has 82 valence electrons. The van der Waals surface area contributed by atoms with E-state index in [1.54, 1.807) is 6.92 Å². The molecule has 1 N–H and O–H groups in total. The van der Waals surface area contributed by atoms with E-state index >= 15 is 0 Å². The third-order valence-corrected chi connectivity index (χ3v) is 3.90. The van der Waals surface area contributed by atoms with Crippen LogP contribution in [0.5, 0.6) is 0 Å². The fourth-order valence-electron chi connectivity index (χ4n) is 2.09. The van der Waals surface area contributed by atoms with Gasteiger partial charge in [0.25, 0.3) is 0 Å². The second-order valence-corrected chi connectivity index (χ2v) is 4.70. The van der Waals surface area contributed by atoms with Crippen LogP contribution in [0.15, 0.2) is 4.60 Å². The van der Waals surface area contributed by atoms with Gasteiger partial charge in [0.15, 0.2) is 5.69 Å². The molecule has 4 nitrogen and oxygen atoms in total. The first kappa shape index (κ1) is 10.7. The Labute approximate surface area is 96.4 Å². The summed E-state index contributed by atoms with van der Waals surface area (Å²) < 4.78 is 2.64. The molecule has 1 aromatic heterocycles. The van der Waals surface area contributed by atoms with Crippen molar-refractivity contribution in [1.29, 1.82) is 0 Å². The zero-order chi connectivity index (χ0) is 11.0. The highest BCUT2D eigenvalue weighted by Crippen LogP contribution is 2.33. The zero-order valence-electron chi connectivity index (χ0n) is 8.53. The minimum atomic E-state index is -0.954. The van der Waals surface area contributed by atoms with Gasteiger partial charge < -0.3 is 5.11 Å². The highest BCUT2D eigenvalue weighted by molar-refractivity contribution is 9.10. The normalized spacial score (nSPS) is 17.2. The third-order valence-electron chi connectivity index (χ3n) is 2.95. The Bertz CT molecular complexity index is 394. The lowest BCUT2D eigenvalue weighted by Gasteiger charge is -2.10. The van der Waals surface area contributed by atoms with Crippen molar-refractivity contribution in [2.45, 2.75) is 38.6 Å². The molecule has 1 heterocycles. The number of halogens is 1. The van der Waals surface area contributed by atoms with Gasteiger partial charge in [-0.15, -0.1) is 0 Å². The Morgan fingerprint density at radius 1 is 1.53 bits per heavy atom. The number of carboxylic acids is 1. The maximum Gasteiger partial charge on any atom is 0.356 e. The molecule has 0 saturated heterocycles. The van der Waals surface area contributed by atoms with Crippen LogP contribution >= 0.6 is 15.9 Å². The summed E-state index contributed by atoms with van der Waals surface area (Å²) in [5.74, 6) is -0.954. The molecule has 2 rings (SSSR count). The van der Waals surface area contributed by atoms with E-state index in [4.69, 9.17) is 5.11 Å². The van der Waals surface area contributed by atoms with E-state index in [1.807, 2.05) is 4.68 Å². The van der Waals surface area contributed by atoms with Gasteiger partial charge in [0.05, 0.1) is 6.04 Å². The van der Waals surface area contributed by atoms with E-state index in [0.717, 1.165) is 23.0 Å². The van der Waals surface area contributed by atoms with E-state index in [0.29, 0.717) is 6.04 Å². The number of carbonyl (C=O) groups is 1. The zero-order valence-corrected chi connectivity index (χ0v) is 10.1. The van der Waals surface area contributed by atoms with Crippen LogP contribution in [0.1, 0.15) is 47.8 Å². The number of aromatic carboxylic acids is 1. The van der Waals surface area contributed by atoms with Gasteiger partial charge in [-0.1, -0.05) is 12.8 Å². The van der Waals surface area contributed by atoms with Crippen molar-refractivity contribution in [3.63, 3.8) is 0 Å². The largest absolute Gasteiger partial charge is 0.476 e. The van der Waals surface area contributed by atoms with Crippen molar-refractivity contribution in [1.82, 2.24) is 9.78 Å². The first-order chi connectivity index (χ1) is 7.11. The van der Waals surface area contributed by atoms with Gasteiger partial charge >= 0.3 is 5.97 Å². The Morgan fingerprint density at radius 2 is 2.13 bits per heavy atom. The summed E-state index contributed by atoms with van der Waals surface area (Å²) in [4.78, 5) is 10.9. The summed E-state index contributed by atoms with van der Waals surface area (Å²) in [6.07, 6.45) is 4.61. The lowest BCUT2D eigenvalue weighted by atomic mass is 10.2. The summed E-state index contributed by atoms with van der Waals surface area (Å²) in [6.45, 7) is 1.78.